The van der Waals surface area contributed by atoms with E-state index in [1.165, 1.54) is 6.42 Å². The molecule has 0 N–H and O–H groups in total. The molecule has 0 unspecified atom stereocenters. The van der Waals surface area contributed by atoms with Crippen LogP contribution < -0.4 is 0 Å². The largest absolute Gasteiger partial charge is 0.455 e. The second-order valence-corrected chi connectivity index (χ2v) is 6.92. The highest BCUT2D eigenvalue weighted by molar-refractivity contribution is 5.82. The molecular weight excluding hydrogens is 266 g/mol. The van der Waals surface area contributed by atoms with Gasteiger partial charge in [0.25, 0.3) is 5.91 Å². The van der Waals surface area contributed by atoms with Crippen molar-refractivity contribution < 1.29 is 14.3 Å². The van der Waals surface area contributed by atoms with Gasteiger partial charge in [0.05, 0.1) is 5.92 Å². The molecular formula is C17H25NO3. The molecule has 1 heterocycles. The van der Waals surface area contributed by atoms with Gasteiger partial charge >= 0.3 is 5.97 Å². The fourth-order valence-electron chi connectivity index (χ4n) is 4.28. The van der Waals surface area contributed by atoms with Crippen LogP contribution in [0.2, 0.25) is 0 Å². The van der Waals surface area contributed by atoms with Crippen molar-refractivity contribution in [3.05, 3.63) is 12.2 Å². The molecule has 1 amide bonds. The Morgan fingerprint density at radius 2 is 1.86 bits per heavy atom. The Morgan fingerprint density at radius 3 is 2.43 bits per heavy atom. The quantitative estimate of drug-likeness (QED) is 0.593. The molecule has 3 rings (SSSR count). The van der Waals surface area contributed by atoms with Gasteiger partial charge in [-0.25, -0.2) is 0 Å². The summed E-state index contributed by atoms with van der Waals surface area (Å²) in [6, 6.07) is 0.510. The summed E-state index contributed by atoms with van der Waals surface area (Å²) < 4.78 is 5.33. The summed E-state index contributed by atoms with van der Waals surface area (Å²) >= 11 is 0. The van der Waals surface area contributed by atoms with Crippen molar-refractivity contribution in [1.82, 2.24) is 4.90 Å². The number of fused-ring (bicyclic) bond motifs is 2. The van der Waals surface area contributed by atoms with Crippen LogP contribution in [0.4, 0.5) is 0 Å². The van der Waals surface area contributed by atoms with E-state index < -0.39 is 0 Å². The zero-order valence-electron chi connectivity index (χ0n) is 13.0. The van der Waals surface area contributed by atoms with Crippen molar-refractivity contribution in [2.45, 2.75) is 58.0 Å². The van der Waals surface area contributed by atoms with E-state index in [2.05, 4.69) is 26.0 Å². The number of esters is 1. The molecule has 1 saturated carbocycles. The monoisotopic (exact) mass is 291 g/mol. The predicted octanol–water partition coefficient (Wildman–Crippen LogP) is 2.53. The first-order valence-corrected chi connectivity index (χ1v) is 8.22. The standard InChI is InChI=1S/C17H25NO3/c1-11-4-3-5-12(2)18(11)16(19)10-21-17(20)15-9-13-6-7-14(15)8-13/h6-7,11-15H,3-5,8-10H2,1-2H3/t11-,12+,13-,14-,15+/m1/s1. The van der Waals surface area contributed by atoms with Gasteiger partial charge in [0.15, 0.2) is 6.61 Å². The van der Waals surface area contributed by atoms with Crippen LogP contribution in [0.1, 0.15) is 46.0 Å². The third kappa shape index (κ3) is 2.85. The highest BCUT2D eigenvalue weighted by atomic mass is 16.5. The first kappa shape index (κ1) is 14.6. The van der Waals surface area contributed by atoms with Crippen LogP contribution in [0.3, 0.4) is 0 Å². The summed E-state index contributed by atoms with van der Waals surface area (Å²) in [6.45, 7) is 4.07. The van der Waals surface area contributed by atoms with Crippen LogP contribution in [0.25, 0.3) is 0 Å². The molecule has 2 aliphatic carbocycles. The summed E-state index contributed by atoms with van der Waals surface area (Å²) in [5.41, 5.74) is 0. The van der Waals surface area contributed by atoms with E-state index in [1.807, 2.05) is 4.90 Å². The summed E-state index contributed by atoms with van der Waals surface area (Å²) in [4.78, 5) is 26.4. The van der Waals surface area contributed by atoms with Crippen molar-refractivity contribution >= 4 is 11.9 Å². The summed E-state index contributed by atoms with van der Waals surface area (Å²) in [7, 11) is 0. The lowest BCUT2D eigenvalue weighted by Gasteiger charge is -2.39. The molecule has 5 atom stereocenters. The van der Waals surface area contributed by atoms with E-state index in [9.17, 15) is 9.59 Å². The number of likely N-dealkylation sites (tertiary alicyclic amines) is 1. The number of allylic oxidation sites excluding steroid dienone is 2. The lowest BCUT2D eigenvalue weighted by atomic mass is 9.94. The first-order valence-electron chi connectivity index (χ1n) is 8.22. The van der Waals surface area contributed by atoms with Crippen molar-refractivity contribution in [3.63, 3.8) is 0 Å². The summed E-state index contributed by atoms with van der Waals surface area (Å²) in [5, 5.41) is 0. The minimum atomic E-state index is -0.183. The molecule has 1 aliphatic heterocycles. The van der Waals surface area contributed by atoms with Crippen molar-refractivity contribution in [2.75, 3.05) is 6.61 Å². The zero-order chi connectivity index (χ0) is 15.0. The third-order valence-electron chi connectivity index (χ3n) is 5.40. The molecule has 0 aromatic carbocycles. The molecule has 3 aliphatic rings. The molecule has 0 spiro atoms. The van der Waals surface area contributed by atoms with Gasteiger partial charge in [-0.3, -0.25) is 9.59 Å². The Labute approximate surface area is 126 Å². The van der Waals surface area contributed by atoms with E-state index in [0.29, 0.717) is 11.8 Å². The Morgan fingerprint density at radius 1 is 1.14 bits per heavy atom. The van der Waals surface area contributed by atoms with Gasteiger partial charge in [-0.1, -0.05) is 12.2 Å². The fraction of sp³-hybridized carbons (Fsp3) is 0.765. The molecule has 116 valence electrons. The van der Waals surface area contributed by atoms with Gasteiger partial charge in [0, 0.05) is 12.1 Å². The molecule has 2 bridgehead atoms. The number of ether oxygens (including phenoxy) is 1. The summed E-state index contributed by atoms with van der Waals surface area (Å²) in [5.74, 6) is 0.638. The third-order valence-corrected chi connectivity index (χ3v) is 5.40. The molecule has 0 aromatic rings. The number of rotatable bonds is 3. The van der Waals surface area contributed by atoms with Gasteiger partial charge in [-0.05, 0) is 57.8 Å². The average Bonchev–Trinajstić information content (AvgIpc) is 3.07. The molecule has 1 saturated heterocycles. The van der Waals surface area contributed by atoms with Gasteiger partial charge in [0.2, 0.25) is 0 Å². The van der Waals surface area contributed by atoms with Crippen molar-refractivity contribution in [1.29, 1.82) is 0 Å². The van der Waals surface area contributed by atoms with Crippen molar-refractivity contribution in [3.8, 4) is 0 Å². The predicted molar refractivity (Wildman–Crippen MR) is 79.4 cm³/mol. The second kappa shape index (κ2) is 5.82. The van der Waals surface area contributed by atoms with E-state index in [0.717, 1.165) is 25.7 Å². The topological polar surface area (TPSA) is 46.6 Å². The Kier molecular flexibility index (Phi) is 4.05. The molecule has 2 fully saturated rings. The average molecular weight is 291 g/mol. The van der Waals surface area contributed by atoms with Gasteiger partial charge in [0.1, 0.15) is 0 Å². The van der Waals surface area contributed by atoms with Crippen LogP contribution in [-0.2, 0) is 14.3 Å². The summed E-state index contributed by atoms with van der Waals surface area (Å²) in [6.07, 6.45) is 9.57. The van der Waals surface area contributed by atoms with E-state index in [1.54, 1.807) is 0 Å². The number of hydrogen-bond acceptors (Lipinski definition) is 3. The van der Waals surface area contributed by atoms with Crippen LogP contribution in [0, 0.1) is 17.8 Å². The molecule has 0 aromatic heterocycles. The number of nitrogens with zero attached hydrogens (tertiary/aromatic N) is 1. The Bertz CT molecular complexity index is 449. The Balaban J connectivity index is 1.51. The lowest BCUT2D eigenvalue weighted by molar-refractivity contribution is -0.158. The number of amides is 1. The van der Waals surface area contributed by atoms with Crippen molar-refractivity contribution in [2.24, 2.45) is 17.8 Å². The van der Waals surface area contributed by atoms with Crippen LogP contribution >= 0.6 is 0 Å². The normalized spacial score (nSPS) is 37.8. The SMILES string of the molecule is C[C@@H]1CCC[C@H](C)N1C(=O)COC(=O)[C@H]1C[C@@H]2C=C[C@@H]1C2. The number of piperidine rings is 1. The highest BCUT2D eigenvalue weighted by Gasteiger charge is 2.41. The number of carbonyl (C=O) groups is 2. The fourth-order valence-corrected chi connectivity index (χ4v) is 4.28. The van der Waals surface area contributed by atoms with Crippen LogP contribution in [0.15, 0.2) is 12.2 Å². The zero-order valence-corrected chi connectivity index (χ0v) is 13.0. The molecule has 4 heteroatoms. The van der Waals surface area contributed by atoms with Gasteiger partial charge < -0.3 is 9.64 Å². The van der Waals surface area contributed by atoms with E-state index >= 15 is 0 Å². The first-order chi connectivity index (χ1) is 10.1. The number of hydrogen-bond donors (Lipinski definition) is 0. The van der Waals surface area contributed by atoms with Crippen LogP contribution in [-0.4, -0.2) is 35.5 Å². The van der Waals surface area contributed by atoms with Gasteiger partial charge in [-0.2, -0.15) is 0 Å². The Hall–Kier alpha value is -1.32. The number of carbonyl (C=O) groups excluding carboxylic acids is 2. The minimum absolute atomic E-state index is 0.0241. The van der Waals surface area contributed by atoms with E-state index in [4.69, 9.17) is 4.74 Å². The van der Waals surface area contributed by atoms with E-state index in [-0.39, 0.29) is 36.5 Å². The molecule has 4 nitrogen and oxygen atoms in total. The maximum atomic E-state index is 12.3. The second-order valence-electron chi connectivity index (χ2n) is 6.92. The maximum Gasteiger partial charge on any atom is 0.310 e. The molecule has 0 radical (unpaired) electrons. The van der Waals surface area contributed by atoms with Gasteiger partial charge in [-0.15, -0.1) is 0 Å². The highest BCUT2D eigenvalue weighted by Crippen LogP contribution is 2.43. The molecule has 21 heavy (non-hydrogen) atoms. The minimum Gasteiger partial charge on any atom is -0.455 e. The van der Waals surface area contributed by atoms with Crippen LogP contribution in [0.5, 0.6) is 0 Å². The smallest absolute Gasteiger partial charge is 0.310 e. The maximum absolute atomic E-state index is 12.3. The lowest BCUT2D eigenvalue weighted by Crippen LogP contribution is -2.49.